The predicted octanol–water partition coefficient (Wildman–Crippen LogP) is 1.20. The molecule has 0 radical (unpaired) electrons. The highest BCUT2D eigenvalue weighted by Crippen LogP contribution is 2.15. The number of benzene rings is 1. The van der Waals surface area contributed by atoms with Crippen LogP contribution in [0.2, 0.25) is 0 Å². The number of aromatic nitrogens is 2. The number of hydrogen-bond acceptors (Lipinski definition) is 4. The summed E-state index contributed by atoms with van der Waals surface area (Å²) in [5.74, 6) is -1.02. The van der Waals surface area contributed by atoms with Crippen LogP contribution in [0.4, 0.5) is 4.39 Å². The number of aliphatic imine (C=N–C) groups is 1. The molecule has 0 spiro atoms. The maximum Gasteiger partial charge on any atom is 0.335 e. The minimum Gasteiger partial charge on any atom is -0.493 e. The monoisotopic (exact) mass is 291 g/mol. The molecule has 6 nitrogen and oxygen atoms in total. The molecule has 1 aromatic heterocycles. The van der Waals surface area contributed by atoms with E-state index in [4.69, 9.17) is 0 Å². The molecule has 0 saturated carbocycles. The molecule has 0 aliphatic heterocycles. The summed E-state index contributed by atoms with van der Waals surface area (Å²) in [6, 6.07) is 4.86. The third-order valence-electron chi connectivity index (χ3n) is 2.71. The van der Waals surface area contributed by atoms with Gasteiger partial charge in [0.25, 0.3) is 5.56 Å². The summed E-state index contributed by atoms with van der Waals surface area (Å²) >= 11 is 0. The molecule has 2 N–H and O–H groups in total. The van der Waals surface area contributed by atoms with Crippen LogP contribution in [0.15, 0.2) is 38.8 Å². The zero-order chi connectivity index (χ0) is 15.6. The standard InChI is InChI=1S/C14H14FN3O3/c1-8(2)16-7-11-12(19)17-14(21)18(13(11)20)10-5-3-9(15)4-6-10/h3-8,20H,1-2H3,(H,17,19,21). The molecule has 21 heavy (non-hydrogen) atoms. The molecular formula is C14H14FN3O3. The average Bonchev–Trinajstić information content (AvgIpc) is 2.40. The van der Waals surface area contributed by atoms with Crippen LogP contribution in [0, 0.1) is 5.82 Å². The third-order valence-corrected chi connectivity index (χ3v) is 2.71. The van der Waals surface area contributed by atoms with Gasteiger partial charge in [-0.15, -0.1) is 0 Å². The summed E-state index contributed by atoms with van der Waals surface area (Å²) < 4.78 is 13.8. The molecular weight excluding hydrogens is 277 g/mol. The number of hydrogen-bond donors (Lipinski definition) is 2. The smallest absolute Gasteiger partial charge is 0.335 e. The second-order valence-electron chi connectivity index (χ2n) is 4.68. The van der Waals surface area contributed by atoms with Crippen LogP contribution in [0.1, 0.15) is 19.4 Å². The van der Waals surface area contributed by atoms with E-state index in [0.717, 1.165) is 16.7 Å². The van der Waals surface area contributed by atoms with Gasteiger partial charge in [0.05, 0.1) is 5.69 Å². The van der Waals surface area contributed by atoms with Crippen molar-refractivity contribution in [2.24, 2.45) is 4.99 Å². The second kappa shape index (κ2) is 5.74. The Morgan fingerprint density at radius 3 is 2.48 bits per heavy atom. The van der Waals surface area contributed by atoms with Crippen LogP contribution in [0.5, 0.6) is 5.88 Å². The van der Waals surface area contributed by atoms with E-state index in [1.165, 1.54) is 18.3 Å². The van der Waals surface area contributed by atoms with E-state index in [-0.39, 0.29) is 17.3 Å². The van der Waals surface area contributed by atoms with Crippen LogP contribution in [-0.2, 0) is 0 Å². The van der Waals surface area contributed by atoms with Crippen LogP contribution < -0.4 is 11.2 Å². The van der Waals surface area contributed by atoms with Gasteiger partial charge in [-0.3, -0.25) is 14.8 Å². The Bertz CT molecular complexity index is 789. The molecule has 0 saturated heterocycles. The van der Waals surface area contributed by atoms with Gasteiger partial charge in [-0.05, 0) is 38.1 Å². The quantitative estimate of drug-likeness (QED) is 0.833. The largest absolute Gasteiger partial charge is 0.493 e. The van der Waals surface area contributed by atoms with Crippen molar-refractivity contribution in [3.8, 4) is 11.6 Å². The number of halogens is 1. The first-order chi connectivity index (χ1) is 9.90. The van der Waals surface area contributed by atoms with Crippen molar-refractivity contribution in [1.29, 1.82) is 0 Å². The Labute approximate surface area is 119 Å². The molecule has 0 bridgehead atoms. The van der Waals surface area contributed by atoms with Gasteiger partial charge in [-0.25, -0.2) is 13.8 Å². The Kier molecular flexibility index (Phi) is 4.02. The summed E-state index contributed by atoms with van der Waals surface area (Å²) in [6.07, 6.45) is 1.21. The molecule has 2 rings (SSSR count). The van der Waals surface area contributed by atoms with Crippen molar-refractivity contribution in [3.05, 3.63) is 56.5 Å². The van der Waals surface area contributed by atoms with Gasteiger partial charge in [0.15, 0.2) is 0 Å². The van der Waals surface area contributed by atoms with Gasteiger partial charge in [0.1, 0.15) is 11.4 Å². The lowest BCUT2D eigenvalue weighted by atomic mass is 10.2. The normalized spacial score (nSPS) is 11.4. The van der Waals surface area contributed by atoms with Gasteiger partial charge in [-0.2, -0.15) is 0 Å². The Hall–Kier alpha value is -2.70. The van der Waals surface area contributed by atoms with Crippen molar-refractivity contribution >= 4 is 6.21 Å². The van der Waals surface area contributed by atoms with Crippen LogP contribution >= 0.6 is 0 Å². The zero-order valence-corrected chi connectivity index (χ0v) is 11.5. The fourth-order valence-corrected chi connectivity index (χ4v) is 1.71. The molecule has 0 aliphatic carbocycles. The lowest BCUT2D eigenvalue weighted by Crippen LogP contribution is -2.31. The van der Waals surface area contributed by atoms with E-state index in [9.17, 15) is 19.1 Å². The molecule has 0 atom stereocenters. The number of aromatic hydroxyl groups is 1. The Morgan fingerprint density at radius 1 is 1.29 bits per heavy atom. The van der Waals surface area contributed by atoms with E-state index < -0.39 is 22.9 Å². The molecule has 7 heteroatoms. The maximum atomic E-state index is 12.9. The number of nitrogens with one attached hydrogen (secondary N) is 1. The minimum atomic E-state index is -0.814. The van der Waals surface area contributed by atoms with Crippen LogP contribution in [0.3, 0.4) is 0 Å². The number of aromatic amines is 1. The average molecular weight is 291 g/mol. The summed E-state index contributed by atoms with van der Waals surface area (Å²) in [7, 11) is 0. The van der Waals surface area contributed by atoms with Crippen molar-refractivity contribution in [3.63, 3.8) is 0 Å². The van der Waals surface area contributed by atoms with Crippen molar-refractivity contribution in [2.45, 2.75) is 19.9 Å². The van der Waals surface area contributed by atoms with Gasteiger partial charge >= 0.3 is 5.69 Å². The summed E-state index contributed by atoms with van der Waals surface area (Å²) in [4.78, 5) is 29.7. The minimum absolute atomic E-state index is 0.0741. The van der Waals surface area contributed by atoms with E-state index in [0.29, 0.717) is 0 Å². The summed E-state index contributed by atoms with van der Waals surface area (Å²) in [5.41, 5.74) is -1.45. The lowest BCUT2D eigenvalue weighted by Gasteiger charge is -2.09. The van der Waals surface area contributed by atoms with Crippen LogP contribution in [0.25, 0.3) is 5.69 Å². The van der Waals surface area contributed by atoms with Crippen molar-refractivity contribution in [2.75, 3.05) is 0 Å². The molecule has 0 fully saturated rings. The molecule has 0 amide bonds. The molecule has 2 aromatic rings. The number of rotatable bonds is 3. The Morgan fingerprint density at radius 2 is 1.90 bits per heavy atom. The highest BCUT2D eigenvalue weighted by Gasteiger charge is 2.14. The lowest BCUT2D eigenvalue weighted by molar-refractivity contribution is 0.430. The molecule has 110 valence electrons. The van der Waals surface area contributed by atoms with E-state index in [2.05, 4.69) is 9.98 Å². The number of nitrogens with zero attached hydrogens (tertiary/aromatic N) is 2. The van der Waals surface area contributed by atoms with Gasteiger partial charge in [0.2, 0.25) is 5.88 Å². The van der Waals surface area contributed by atoms with Crippen molar-refractivity contribution < 1.29 is 9.50 Å². The molecule has 0 aliphatic rings. The highest BCUT2D eigenvalue weighted by atomic mass is 19.1. The molecule has 1 aromatic carbocycles. The van der Waals surface area contributed by atoms with Gasteiger partial charge in [-0.1, -0.05) is 0 Å². The SMILES string of the molecule is CC(C)N=Cc1c(O)n(-c2ccc(F)cc2)c(=O)[nH]c1=O. The van der Waals surface area contributed by atoms with Crippen molar-refractivity contribution in [1.82, 2.24) is 9.55 Å². The van der Waals surface area contributed by atoms with E-state index in [1.54, 1.807) is 13.8 Å². The van der Waals surface area contributed by atoms with E-state index >= 15 is 0 Å². The van der Waals surface area contributed by atoms with Crippen LogP contribution in [-0.4, -0.2) is 26.9 Å². The maximum absolute atomic E-state index is 12.9. The van der Waals surface area contributed by atoms with Gasteiger partial charge in [0, 0.05) is 12.3 Å². The third kappa shape index (κ3) is 3.07. The van der Waals surface area contributed by atoms with E-state index in [1.807, 2.05) is 0 Å². The molecule has 0 unspecified atom stereocenters. The Balaban J connectivity index is 2.67. The fraction of sp³-hybridized carbons (Fsp3) is 0.214. The first kappa shape index (κ1) is 14.7. The number of H-pyrrole nitrogens is 1. The summed E-state index contributed by atoms with van der Waals surface area (Å²) in [6.45, 7) is 3.61. The zero-order valence-electron chi connectivity index (χ0n) is 11.5. The highest BCUT2D eigenvalue weighted by molar-refractivity contribution is 5.82. The van der Waals surface area contributed by atoms with Gasteiger partial charge < -0.3 is 5.11 Å². The first-order valence-corrected chi connectivity index (χ1v) is 6.27. The first-order valence-electron chi connectivity index (χ1n) is 6.27. The summed E-state index contributed by atoms with van der Waals surface area (Å²) in [5, 5.41) is 10.1. The molecule has 1 heterocycles. The predicted molar refractivity (Wildman–Crippen MR) is 77.0 cm³/mol. The second-order valence-corrected chi connectivity index (χ2v) is 4.68. The topological polar surface area (TPSA) is 87.4 Å². The fourth-order valence-electron chi connectivity index (χ4n) is 1.71.